The second-order valence-electron chi connectivity index (χ2n) is 4.51. The number of ether oxygens (including phenoxy) is 1. The predicted molar refractivity (Wildman–Crippen MR) is 74.0 cm³/mol. The molecule has 1 heterocycles. The van der Waals surface area contributed by atoms with E-state index in [4.69, 9.17) is 10.5 Å². The van der Waals surface area contributed by atoms with E-state index in [-0.39, 0.29) is 30.2 Å². The van der Waals surface area contributed by atoms with E-state index in [2.05, 4.69) is 5.32 Å². The fourth-order valence-electron chi connectivity index (χ4n) is 1.97. The molecule has 106 valence electrons. The van der Waals surface area contributed by atoms with Gasteiger partial charge in [-0.25, -0.2) is 4.39 Å². The third-order valence-corrected chi connectivity index (χ3v) is 3.10. The Kier molecular flexibility index (Phi) is 5.72. The van der Waals surface area contributed by atoms with Gasteiger partial charge in [-0.05, 0) is 37.5 Å². The van der Waals surface area contributed by atoms with Crippen LogP contribution in [0.2, 0.25) is 0 Å². The molecule has 0 unspecified atom stereocenters. The molecule has 0 saturated carbocycles. The Morgan fingerprint density at radius 3 is 2.84 bits per heavy atom. The molecule has 1 fully saturated rings. The number of aryl methyl sites for hydroxylation is 1. The van der Waals surface area contributed by atoms with Gasteiger partial charge >= 0.3 is 0 Å². The lowest BCUT2D eigenvalue weighted by molar-refractivity contribution is -0.126. The maximum absolute atomic E-state index is 13.3. The quantitative estimate of drug-likeness (QED) is 0.894. The summed E-state index contributed by atoms with van der Waals surface area (Å²) in [5, 5.41) is 2.65. The molecule has 3 N–H and O–H groups in total. The highest BCUT2D eigenvalue weighted by atomic mass is 35.5. The summed E-state index contributed by atoms with van der Waals surface area (Å²) in [5.41, 5.74) is 6.48. The van der Waals surface area contributed by atoms with Crippen molar-refractivity contribution in [2.75, 3.05) is 11.9 Å². The molecule has 2 atom stereocenters. The van der Waals surface area contributed by atoms with Gasteiger partial charge in [-0.15, -0.1) is 12.4 Å². The molecule has 0 aliphatic carbocycles. The Morgan fingerprint density at radius 1 is 1.53 bits per heavy atom. The van der Waals surface area contributed by atoms with Crippen molar-refractivity contribution in [2.45, 2.75) is 32.0 Å². The normalized spacial score (nSPS) is 21.8. The second-order valence-corrected chi connectivity index (χ2v) is 4.51. The molecule has 0 aromatic heterocycles. The molecule has 0 bridgehead atoms. The van der Waals surface area contributed by atoms with E-state index in [1.807, 2.05) is 0 Å². The smallest absolute Gasteiger partial charge is 0.253 e. The van der Waals surface area contributed by atoms with Crippen LogP contribution in [0.3, 0.4) is 0 Å². The lowest BCUT2D eigenvalue weighted by Gasteiger charge is -2.13. The highest BCUT2D eigenvalue weighted by molar-refractivity contribution is 5.94. The number of carbonyl (C=O) groups is 1. The zero-order valence-corrected chi connectivity index (χ0v) is 11.5. The minimum atomic E-state index is -0.483. The summed E-state index contributed by atoms with van der Waals surface area (Å²) in [6, 6.07) is 4.61. The van der Waals surface area contributed by atoms with E-state index in [1.54, 1.807) is 19.1 Å². The van der Waals surface area contributed by atoms with Crippen molar-refractivity contribution >= 4 is 24.0 Å². The fourth-order valence-corrected chi connectivity index (χ4v) is 1.97. The van der Waals surface area contributed by atoms with Crippen LogP contribution in [0.5, 0.6) is 0 Å². The predicted octanol–water partition coefficient (Wildman–Crippen LogP) is 2.00. The first-order chi connectivity index (χ1) is 8.60. The molecule has 0 spiro atoms. The fraction of sp³-hybridized carbons (Fsp3) is 0.462. The monoisotopic (exact) mass is 288 g/mol. The van der Waals surface area contributed by atoms with Crippen LogP contribution < -0.4 is 11.1 Å². The number of nitrogens with two attached hydrogens (primary N) is 1. The molecule has 0 radical (unpaired) electrons. The van der Waals surface area contributed by atoms with Gasteiger partial charge in [0, 0.05) is 12.2 Å². The number of nitrogens with one attached hydrogen (secondary N) is 1. The van der Waals surface area contributed by atoms with E-state index in [1.165, 1.54) is 6.07 Å². The van der Waals surface area contributed by atoms with Crippen LogP contribution in [0.1, 0.15) is 18.4 Å². The molecule has 1 aliphatic rings. The van der Waals surface area contributed by atoms with Crippen molar-refractivity contribution in [3.05, 3.63) is 29.6 Å². The van der Waals surface area contributed by atoms with Gasteiger partial charge in [0.25, 0.3) is 5.91 Å². The van der Waals surface area contributed by atoms with Crippen molar-refractivity contribution in [3.63, 3.8) is 0 Å². The first-order valence-corrected chi connectivity index (χ1v) is 6.02. The van der Waals surface area contributed by atoms with Crippen LogP contribution in [0.25, 0.3) is 0 Å². The Morgan fingerprint density at radius 2 is 2.26 bits per heavy atom. The minimum absolute atomic E-state index is 0. The van der Waals surface area contributed by atoms with Crippen molar-refractivity contribution in [2.24, 2.45) is 5.73 Å². The van der Waals surface area contributed by atoms with Gasteiger partial charge in [-0.3, -0.25) is 4.79 Å². The number of amides is 1. The van der Waals surface area contributed by atoms with E-state index in [9.17, 15) is 9.18 Å². The third-order valence-electron chi connectivity index (χ3n) is 3.10. The molecular weight excluding hydrogens is 271 g/mol. The van der Waals surface area contributed by atoms with Gasteiger partial charge in [0.1, 0.15) is 11.9 Å². The summed E-state index contributed by atoms with van der Waals surface area (Å²) < 4.78 is 18.8. The second kappa shape index (κ2) is 6.84. The number of benzene rings is 1. The van der Waals surface area contributed by atoms with Crippen LogP contribution in [0.4, 0.5) is 10.1 Å². The zero-order valence-electron chi connectivity index (χ0n) is 10.7. The van der Waals surface area contributed by atoms with Crippen LogP contribution in [-0.4, -0.2) is 24.7 Å². The van der Waals surface area contributed by atoms with Crippen molar-refractivity contribution in [1.29, 1.82) is 0 Å². The lowest BCUT2D eigenvalue weighted by atomic mass is 10.1. The maximum Gasteiger partial charge on any atom is 0.253 e. The topological polar surface area (TPSA) is 64.4 Å². The summed E-state index contributed by atoms with van der Waals surface area (Å²) in [5.74, 6) is -0.575. The summed E-state index contributed by atoms with van der Waals surface area (Å²) in [4.78, 5) is 11.9. The molecule has 1 saturated heterocycles. The van der Waals surface area contributed by atoms with Crippen LogP contribution in [-0.2, 0) is 9.53 Å². The Hall–Kier alpha value is -1.17. The van der Waals surface area contributed by atoms with E-state index < -0.39 is 6.10 Å². The first kappa shape index (κ1) is 15.9. The Balaban J connectivity index is 0.00000180. The number of hydrogen-bond donors (Lipinski definition) is 2. The molecule has 1 aromatic rings. The number of anilines is 1. The van der Waals surface area contributed by atoms with Crippen molar-refractivity contribution < 1.29 is 13.9 Å². The SMILES string of the molecule is Cc1ccc(NC(=O)[C@@H]2CC[C@H](CN)O2)cc1F.Cl. The highest BCUT2D eigenvalue weighted by Crippen LogP contribution is 2.21. The largest absolute Gasteiger partial charge is 0.364 e. The van der Waals surface area contributed by atoms with Gasteiger partial charge in [0.05, 0.1) is 6.10 Å². The Labute approximate surface area is 117 Å². The van der Waals surface area contributed by atoms with E-state index in [0.717, 1.165) is 6.42 Å². The minimum Gasteiger partial charge on any atom is -0.364 e. The molecule has 4 nitrogen and oxygen atoms in total. The molecule has 1 aliphatic heterocycles. The molecule has 1 aromatic carbocycles. The van der Waals surface area contributed by atoms with Crippen LogP contribution in [0.15, 0.2) is 18.2 Å². The highest BCUT2D eigenvalue weighted by Gasteiger charge is 2.29. The molecule has 1 amide bonds. The van der Waals surface area contributed by atoms with Crippen LogP contribution >= 0.6 is 12.4 Å². The first-order valence-electron chi connectivity index (χ1n) is 6.02. The van der Waals surface area contributed by atoms with Gasteiger partial charge in [0.15, 0.2) is 0 Å². The van der Waals surface area contributed by atoms with Gasteiger partial charge in [-0.2, -0.15) is 0 Å². The zero-order chi connectivity index (χ0) is 13.1. The standard InChI is InChI=1S/C13H17FN2O2.ClH/c1-8-2-3-9(6-11(8)14)16-13(17)12-5-4-10(7-15)18-12;/h2-3,6,10,12H,4-5,7,15H2,1H3,(H,16,17);1H/t10-,12+;/m1./s1. The van der Waals surface area contributed by atoms with E-state index >= 15 is 0 Å². The average Bonchev–Trinajstić information content (AvgIpc) is 2.82. The maximum atomic E-state index is 13.3. The summed E-state index contributed by atoms with van der Waals surface area (Å²) in [6.45, 7) is 2.09. The molecule has 19 heavy (non-hydrogen) atoms. The molecular formula is C13H18ClFN2O2. The van der Waals surface area contributed by atoms with Gasteiger partial charge < -0.3 is 15.8 Å². The number of rotatable bonds is 3. The lowest BCUT2D eigenvalue weighted by Crippen LogP contribution is -2.29. The summed E-state index contributed by atoms with van der Waals surface area (Å²) in [7, 11) is 0. The molecule has 2 rings (SSSR count). The van der Waals surface area contributed by atoms with E-state index in [0.29, 0.717) is 24.2 Å². The summed E-state index contributed by atoms with van der Waals surface area (Å²) >= 11 is 0. The summed E-state index contributed by atoms with van der Waals surface area (Å²) in [6.07, 6.45) is 0.914. The Bertz CT molecular complexity index is 456. The molecule has 6 heteroatoms. The van der Waals surface area contributed by atoms with Crippen LogP contribution in [0, 0.1) is 12.7 Å². The number of halogens is 2. The van der Waals surface area contributed by atoms with Crippen molar-refractivity contribution in [3.8, 4) is 0 Å². The number of hydrogen-bond acceptors (Lipinski definition) is 3. The number of carbonyl (C=O) groups excluding carboxylic acids is 1. The van der Waals surface area contributed by atoms with Gasteiger partial charge in [-0.1, -0.05) is 6.07 Å². The van der Waals surface area contributed by atoms with Crippen molar-refractivity contribution in [1.82, 2.24) is 0 Å². The average molecular weight is 289 g/mol. The van der Waals surface area contributed by atoms with Gasteiger partial charge in [0.2, 0.25) is 0 Å². The third kappa shape index (κ3) is 3.89.